The largest absolute Gasteiger partial charge is 1.00 e. The first-order valence-electron chi connectivity index (χ1n) is 3.74. The SMILES string of the molecule is S=S1(=S)OCCCCCCO1.[H-].[H-].[Na+].[Na+]. The van der Waals surface area contributed by atoms with Gasteiger partial charge in [0.1, 0.15) is 7.71 Å². The van der Waals surface area contributed by atoms with E-state index < -0.39 is 7.71 Å². The fourth-order valence-corrected chi connectivity index (χ4v) is 2.44. The molecule has 13 heavy (non-hydrogen) atoms. The molecule has 1 fully saturated rings. The van der Waals surface area contributed by atoms with Gasteiger partial charge in [0, 0.05) is 22.4 Å². The van der Waals surface area contributed by atoms with Crippen LogP contribution in [0.1, 0.15) is 28.5 Å². The molecule has 0 aromatic carbocycles. The summed E-state index contributed by atoms with van der Waals surface area (Å²) in [4.78, 5) is 0. The van der Waals surface area contributed by atoms with Crippen molar-refractivity contribution in [3.8, 4) is 0 Å². The minimum absolute atomic E-state index is 0. The van der Waals surface area contributed by atoms with E-state index in [-0.39, 0.29) is 62.0 Å². The first-order valence-corrected chi connectivity index (χ1v) is 7.08. The molecule has 7 heteroatoms. The van der Waals surface area contributed by atoms with Crippen molar-refractivity contribution in [3.05, 3.63) is 0 Å². The zero-order valence-electron chi connectivity index (χ0n) is 10.3. The summed E-state index contributed by atoms with van der Waals surface area (Å²) in [6.45, 7) is 1.34. The van der Waals surface area contributed by atoms with Crippen LogP contribution in [0, 0.1) is 0 Å². The zero-order valence-corrected chi connectivity index (χ0v) is 14.7. The number of rotatable bonds is 0. The van der Waals surface area contributed by atoms with Crippen LogP contribution < -0.4 is 59.1 Å². The molecule has 0 N–H and O–H groups in total. The van der Waals surface area contributed by atoms with E-state index in [0.29, 0.717) is 13.2 Å². The van der Waals surface area contributed by atoms with E-state index in [1.165, 1.54) is 12.8 Å². The molecule has 0 saturated carbocycles. The van der Waals surface area contributed by atoms with Gasteiger partial charge in [-0.05, 0) is 12.8 Å². The van der Waals surface area contributed by atoms with Crippen molar-refractivity contribution in [2.45, 2.75) is 25.7 Å². The Bertz CT molecular complexity index is 198. The van der Waals surface area contributed by atoms with Gasteiger partial charge in [-0.15, -0.1) is 0 Å². The maximum absolute atomic E-state index is 5.24. The summed E-state index contributed by atoms with van der Waals surface area (Å²) in [5, 5.41) is 0. The molecule has 0 radical (unpaired) electrons. The summed E-state index contributed by atoms with van der Waals surface area (Å²) >= 11 is 9.91. The van der Waals surface area contributed by atoms with E-state index in [1.807, 2.05) is 0 Å². The van der Waals surface area contributed by atoms with Gasteiger partial charge in [-0.1, -0.05) is 12.8 Å². The summed E-state index contributed by atoms with van der Waals surface area (Å²) in [7, 11) is -2.00. The third-order valence-electron chi connectivity index (χ3n) is 1.49. The molecule has 0 aromatic heterocycles. The van der Waals surface area contributed by atoms with Gasteiger partial charge >= 0.3 is 59.1 Å². The minimum Gasteiger partial charge on any atom is -1.00 e. The summed E-state index contributed by atoms with van der Waals surface area (Å²) in [5.41, 5.74) is 0. The summed E-state index contributed by atoms with van der Waals surface area (Å²) in [5.74, 6) is 0. The molecule has 2 nitrogen and oxygen atoms in total. The molecule has 1 saturated heterocycles. The first-order chi connectivity index (χ1) is 5.21. The molecule has 0 bridgehead atoms. The molecule has 0 aliphatic carbocycles. The van der Waals surface area contributed by atoms with Crippen LogP contribution in [0.3, 0.4) is 0 Å². The van der Waals surface area contributed by atoms with Gasteiger partial charge in [-0.25, -0.2) is 0 Å². The van der Waals surface area contributed by atoms with E-state index in [0.717, 1.165) is 12.8 Å². The average molecular weight is 260 g/mol. The van der Waals surface area contributed by atoms with E-state index in [2.05, 4.69) is 0 Å². The molecule has 0 amide bonds. The maximum Gasteiger partial charge on any atom is 1.00 e. The van der Waals surface area contributed by atoms with Gasteiger partial charge in [-0.3, -0.25) is 8.37 Å². The van der Waals surface area contributed by atoms with Crippen LogP contribution in [-0.4, -0.2) is 13.2 Å². The van der Waals surface area contributed by atoms with E-state index >= 15 is 0 Å². The molecule has 1 rings (SSSR count). The Morgan fingerprint density at radius 2 is 1.23 bits per heavy atom. The van der Waals surface area contributed by atoms with Crippen molar-refractivity contribution in [1.29, 1.82) is 0 Å². The van der Waals surface area contributed by atoms with Gasteiger partial charge in [0.15, 0.2) is 0 Å². The second-order valence-corrected chi connectivity index (χ2v) is 7.02. The van der Waals surface area contributed by atoms with Gasteiger partial charge in [0.25, 0.3) is 0 Å². The van der Waals surface area contributed by atoms with Crippen molar-refractivity contribution in [1.82, 2.24) is 0 Å². The molecule has 0 aromatic rings. The standard InChI is InChI=1S/C6H12O2S3.2Na.2H/c9-11(10)7-5-3-1-2-4-6-8-11;;;;/h1-6H2;;;;/q;2*+1;2*-1. The van der Waals surface area contributed by atoms with Crippen molar-refractivity contribution < 1.29 is 70.3 Å². The Morgan fingerprint density at radius 3 is 1.62 bits per heavy atom. The summed E-state index contributed by atoms with van der Waals surface area (Å²) < 4.78 is 10.5. The third-order valence-corrected chi connectivity index (χ3v) is 3.56. The smallest absolute Gasteiger partial charge is 1.00 e. The average Bonchev–Trinajstić information content (AvgIpc) is 2.00. The van der Waals surface area contributed by atoms with Crippen LogP contribution in [-0.2, 0) is 38.5 Å². The maximum atomic E-state index is 5.24. The van der Waals surface area contributed by atoms with E-state index in [1.54, 1.807) is 0 Å². The third kappa shape index (κ3) is 9.63. The van der Waals surface area contributed by atoms with E-state index in [9.17, 15) is 0 Å². The molecular weight excluding hydrogens is 246 g/mol. The fourth-order valence-electron chi connectivity index (χ4n) is 0.914. The van der Waals surface area contributed by atoms with Crippen LogP contribution in [0.25, 0.3) is 0 Å². The van der Waals surface area contributed by atoms with Crippen molar-refractivity contribution in [2.75, 3.05) is 13.2 Å². The normalized spacial score (nSPS) is 22.5. The van der Waals surface area contributed by atoms with Crippen LogP contribution in [0.2, 0.25) is 0 Å². The fraction of sp³-hybridized carbons (Fsp3) is 1.00. The molecular formula is C6H14Na2O2S3. The van der Waals surface area contributed by atoms with Crippen LogP contribution in [0.4, 0.5) is 0 Å². The van der Waals surface area contributed by atoms with Gasteiger partial charge in [0.2, 0.25) is 0 Å². The summed E-state index contributed by atoms with van der Waals surface area (Å²) in [6.07, 6.45) is 4.52. The van der Waals surface area contributed by atoms with Crippen LogP contribution in [0.15, 0.2) is 0 Å². The molecule has 1 aliphatic rings. The Kier molecular flexibility index (Phi) is 13.8. The molecule has 0 unspecified atom stereocenters. The van der Waals surface area contributed by atoms with Gasteiger partial charge in [-0.2, -0.15) is 0 Å². The quantitative estimate of drug-likeness (QED) is 0.410. The van der Waals surface area contributed by atoms with Crippen LogP contribution >= 0.6 is 0 Å². The van der Waals surface area contributed by atoms with Crippen molar-refractivity contribution >= 4 is 30.1 Å². The number of hydrogen-bond donors (Lipinski definition) is 0. The summed E-state index contributed by atoms with van der Waals surface area (Å²) in [6, 6.07) is 0. The topological polar surface area (TPSA) is 18.5 Å². The second kappa shape index (κ2) is 9.90. The predicted octanol–water partition coefficient (Wildman–Crippen LogP) is -4.27. The Balaban J connectivity index is -0.000000151. The zero-order chi connectivity index (χ0) is 8.16. The van der Waals surface area contributed by atoms with Crippen molar-refractivity contribution in [2.24, 2.45) is 0 Å². The minimum atomic E-state index is -2.00. The monoisotopic (exact) mass is 260 g/mol. The molecule has 1 aliphatic heterocycles. The van der Waals surface area contributed by atoms with Crippen molar-refractivity contribution in [3.63, 3.8) is 0 Å². The first kappa shape index (κ1) is 18.1. The molecule has 70 valence electrons. The molecule has 1 heterocycles. The number of hydrogen-bond acceptors (Lipinski definition) is 4. The van der Waals surface area contributed by atoms with Crippen LogP contribution in [0.5, 0.6) is 0 Å². The Hall–Kier alpha value is 2.71. The predicted molar refractivity (Wildman–Crippen MR) is 54.7 cm³/mol. The van der Waals surface area contributed by atoms with Gasteiger partial charge < -0.3 is 2.85 Å². The Morgan fingerprint density at radius 1 is 0.846 bits per heavy atom. The molecule has 0 atom stereocenters. The van der Waals surface area contributed by atoms with E-state index in [4.69, 9.17) is 30.7 Å². The molecule has 0 spiro atoms. The Labute approximate surface area is 137 Å². The van der Waals surface area contributed by atoms with Gasteiger partial charge in [0.05, 0.1) is 13.2 Å². The second-order valence-electron chi connectivity index (χ2n) is 2.47.